The minimum Gasteiger partial charge on any atom is -0.480 e. The van der Waals surface area contributed by atoms with Crippen LogP contribution in [0.2, 0.25) is 0 Å². The lowest BCUT2D eigenvalue weighted by Crippen LogP contribution is -2.36. The number of rotatable bonds is 7. The van der Waals surface area contributed by atoms with Crippen LogP contribution in [-0.2, 0) is 11.3 Å². The molecule has 106 valence electrons. The van der Waals surface area contributed by atoms with Crippen molar-refractivity contribution >= 4 is 5.97 Å². The van der Waals surface area contributed by atoms with Crippen molar-refractivity contribution in [3.05, 3.63) is 42.2 Å². The molecule has 2 aromatic rings. The molecule has 0 saturated heterocycles. The molecule has 6 nitrogen and oxygen atoms in total. The molecule has 0 aliphatic heterocycles. The summed E-state index contributed by atoms with van der Waals surface area (Å²) >= 11 is 0. The fraction of sp³-hybridized carbons (Fsp3) is 0.357. The lowest BCUT2D eigenvalue weighted by molar-refractivity contribution is -0.139. The van der Waals surface area contributed by atoms with Crippen LogP contribution in [0.25, 0.3) is 5.69 Å². The highest BCUT2D eigenvalue weighted by molar-refractivity contribution is 5.73. The summed E-state index contributed by atoms with van der Waals surface area (Å²) in [6.07, 6.45) is 3.06. The number of nitrogens with one attached hydrogen (secondary N) is 1. The Balaban J connectivity index is 1.98. The lowest BCUT2D eigenvalue weighted by Gasteiger charge is -2.11. The van der Waals surface area contributed by atoms with Crippen molar-refractivity contribution in [3.63, 3.8) is 0 Å². The van der Waals surface area contributed by atoms with Gasteiger partial charge < -0.3 is 5.11 Å². The molecule has 0 fully saturated rings. The second-order valence-corrected chi connectivity index (χ2v) is 4.52. The van der Waals surface area contributed by atoms with Crippen molar-refractivity contribution in [1.29, 1.82) is 0 Å². The number of benzene rings is 1. The van der Waals surface area contributed by atoms with E-state index in [2.05, 4.69) is 15.5 Å². The molecule has 1 atom stereocenters. The number of carboxylic acids is 1. The summed E-state index contributed by atoms with van der Waals surface area (Å²) in [4.78, 5) is 12.6. The predicted molar refractivity (Wildman–Crippen MR) is 74.5 cm³/mol. The number of aliphatic carboxylic acids is 1. The standard InChI is InChI=1S/C14H18N4O2/c1-2-6-13(14(19)20)15-9-11-10-16-18(17-11)12-7-4-3-5-8-12/h3-5,7-8,10,13,15H,2,6,9H2,1H3,(H,19,20). The van der Waals surface area contributed by atoms with E-state index in [1.54, 1.807) is 6.20 Å². The second-order valence-electron chi connectivity index (χ2n) is 4.52. The van der Waals surface area contributed by atoms with Gasteiger partial charge in [-0.15, -0.1) is 0 Å². The van der Waals surface area contributed by atoms with Crippen LogP contribution < -0.4 is 5.32 Å². The number of carbonyl (C=O) groups is 1. The molecule has 1 heterocycles. The van der Waals surface area contributed by atoms with E-state index in [1.165, 1.54) is 4.80 Å². The zero-order chi connectivity index (χ0) is 14.4. The van der Waals surface area contributed by atoms with Gasteiger partial charge in [-0.05, 0) is 18.6 Å². The van der Waals surface area contributed by atoms with Gasteiger partial charge in [-0.25, -0.2) is 0 Å². The topological polar surface area (TPSA) is 80.0 Å². The average molecular weight is 274 g/mol. The summed E-state index contributed by atoms with van der Waals surface area (Å²) in [6, 6.07) is 9.04. The molecule has 1 unspecified atom stereocenters. The Morgan fingerprint density at radius 2 is 2.15 bits per heavy atom. The van der Waals surface area contributed by atoms with Gasteiger partial charge in [0.25, 0.3) is 0 Å². The van der Waals surface area contributed by atoms with Gasteiger partial charge in [0.2, 0.25) is 0 Å². The van der Waals surface area contributed by atoms with Crippen LogP contribution in [-0.4, -0.2) is 32.1 Å². The zero-order valence-corrected chi connectivity index (χ0v) is 11.4. The van der Waals surface area contributed by atoms with Crippen LogP contribution >= 0.6 is 0 Å². The third kappa shape index (κ3) is 3.64. The number of hydrogen-bond acceptors (Lipinski definition) is 4. The molecule has 0 saturated carbocycles. The molecule has 2 rings (SSSR count). The van der Waals surface area contributed by atoms with E-state index in [4.69, 9.17) is 5.11 Å². The molecule has 20 heavy (non-hydrogen) atoms. The maximum absolute atomic E-state index is 11.0. The minimum atomic E-state index is -0.831. The Labute approximate surface area is 117 Å². The van der Waals surface area contributed by atoms with E-state index in [0.717, 1.165) is 17.8 Å². The molecule has 0 radical (unpaired) electrons. The predicted octanol–water partition coefficient (Wildman–Crippen LogP) is 1.61. The first-order valence-electron chi connectivity index (χ1n) is 6.63. The fourth-order valence-electron chi connectivity index (χ4n) is 1.89. The number of para-hydroxylation sites is 1. The highest BCUT2D eigenvalue weighted by atomic mass is 16.4. The Kier molecular flexibility index (Phi) is 4.84. The van der Waals surface area contributed by atoms with E-state index in [-0.39, 0.29) is 0 Å². The normalized spacial score (nSPS) is 12.2. The van der Waals surface area contributed by atoms with Crippen molar-refractivity contribution in [1.82, 2.24) is 20.3 Å². The fourth-order valence-corrected chi connectivity index (χ4v) is 1.89. The highest BCUT2D eigenvalue weighted by Crippen LogP contribution is 2.05. The van der Waals surface area contributed by atoms with Crippen LogP contribution in [0.15, 0.2) is 36.5 Å². The largest absolute Gasteiger partial charge is 0.480 e. The monoisotopic (exact) mass is 274 g/mol. The van der Waals surface area contributed by atoms with Gasteiger partial charge in [-0.2, -0.15) is 15.0 Å². The van der Waals surface area contributed by atoms with Crippen molar-refractivity contribution in [3.8, 4) is 5.69 Å². The Bertz CT molecular complexity index is 553. The Hall–Kier alpha value is -2.21. The van der Waals surface area contributed by atoms with Crippen molar-refractivity contribution in [2.24, 2.45) is 0 Å². The molecule has 0 spiro atoms. The van der Waals surface area contributed by atoms with Crippen molar-refractivity contribution in [2.75, 3.05) is 0 Å². The molecule has 0 amide bonds. The molecular formula is C14H18N4O2. The Morgan fingerprint density at radius 3 is 2.80 bits per heavy atom. The van der Waals surface area contributed by atoms with E-state index in [0.29, 0.717) is 13.0 Å². The Morgan fingerprint density at radius 1 is 1.40 bits per heavy atom. The van der Waals surface area contributed by atoms with Gasteiger partial charge in [-0.3, -0.25) is 10.1 Å². The summed E-state index contributed by atoms with van der Waals surface area (Å²) in [5.74, 6) is -0.831. The van der Waals surface area contributed by atoms with E-state index >= 15 is 0 Å². The third-order valence-corrected chi connectivity index (χ3v) is 2.93. The molecule has 0 aliphatic rings. The summed E-state index contributed by atoms with van der Waals surface area (Å²) in [5, 5.41) is 20.5. The van der Waals surface area contributed by atoms with Crippen LogP contribution in [0.3, 0.4) is 0 Å². The summed E-state index contributed by atoms with van der Waals surface area (Å²) in [5.41, 5.74) is 1.60. The first-order valence-corrected chi connectivity index (χ1v) is 6.63. The first kappa shape index (κ1) is 14.2. The maximum atomic E-state index is 11.0. The lowest BCUT2D eigenvalue weighted by atomic mass is 10.1. The van der Waals surface area contributed by atoms with Crippen LogP contribution in [0, 0.1) is 0 Å². The van der Waals surface area contributed by atoms with Gasteiger partial charge in [-0.1, -0.05) is 31.5 Å². The number of hydrogen-bond donors (Lipinski definition) is 2. The van der Waals surface area contributed by atoms with Gasteiger partial charge in [0.15, 0.2) is 0 Å². The number of aromatic nitrogens is 3. The average Bonchev–Trinajstić information content (AvgIpc) is 2.93. The van der Waals surface area contributed by atoms with E-state index < -0.39 is 12.0 Å². The molecule has 6 heteroatoms. The smallest absolute Gasteiger partial charge is 0.320 e. The van der Waals surface area contributed by atoms with Crippen LogP contribution in [0.5, 0.6) is 0 Å². The quantitative estimate of drug-likeness (QED) is 0.801. The molecule has 0 aliphatic carbocycles. The van der Waals surface area contributed by atoms with Crippen molar-refractivity contribution < 1.29 is 9.90 Å². The third-order valence-electron chi connectivity index (χ3n) is 2.93. The molecular weight excluding hydrogens is 256 g/mol. The SMILES string of the molecule is CCCC(NCc1cnn(-c2ccccc2)n1)C(=O)O. The molecule has 0 bridgehead atoms. The molecule has 1 aromatic carbocycles. The molecule has 1 aromatic heterocycles. The maximum Gasteiger partial charge on any atom is 0.320 e. The van der Waals surface area contributed by atoms with Crippen LogP contribution in [0.1, 0.15) is 25.5 Å². The highest BCUT2D eigenvalue weighted by Gasteiger charge is 2.15. The summed E-state index contributed by atoms with van der Waals surface area (Å²) in [6.45, 7) is 2.35. The minimum absolute atomic E-state index is 0.393. The first-order chi connectivity index (χ1) is 9.70. The molecule has 2 N–H and O–H groups in total. The van der Waals surface area contributed by atoms with E-state index in [1.807, 2.05) is 37.3 Å². The summed E-state index contributed by atoms with van der Waals surface area (Å²) in [7, 11) is 0. The van der Waals surface area contributed by atoms with Gasteiger partial charge >= 0.3 is 5.97 Å². The van der Waals surface area contributed by atoms with Gasteiger partial charge in [0.05, 0.1) is 17.6 Å². The second kappa shape index (κ2) is 6.81. The van der Waals surface area contributed by atoms with Gasteiger partial charge in [0, 0.05) is 6.54 Å². The van der Waals surface area contributed by atoms with Gasteiger partial charge in [0.1, 0.15) is 6.04 Å². The summed E-state index contributed by atoms with van der Waals surface area (Å²) < 4.78 is 0. The van der Waals surface area contributed by atoms with Crippen LogP contribution in [0.4, 0.5) is 0 Å². The van der Waals surface area contributed by atoms with E-state index in [9.17, 15) is 4.79 Å². The zero-order valence-electron chi connectivity index (χ0n) is 11.4. The number of carboxylic acid groups (broad SMARTS) is 1. The van der Waals surface area contributed by atoms with Crippen molar-refractivity contribution in [2.45, 2.75) is 32.4 Å². The number of nitrogens with zero attached hydrogens (tertiary/aromatic N) is 3.